The zero-order valence-corrected chi connectivity index (χ0v) is 10.1. The number of aromatic carboxylic acids is 1. The maximum atomic E-state index is 10.9. The van der Waals surface area contributed by atoms with Gasteiger partial charge >= 0.3 is 5.97 Å². The number of aromatic nitrogens is 1. The molecule has 1 fully saturated rings. The molecule has 0 radical (unpaired) electrons. The summed E-state index contributed by atoms with van der Waals surface area (Å²) in [5.74, 6) is -0.592. The standard InChI is InChI=1S/C11H14ClN3O2/c12-8-4-5-9(13-10(8)11(16)17)14-15-6-2-1-3-7-15/h4-5H,1-3,6-7H2,(H,13,14)(H,16,17). The van der Waals surface area contributed by atoms with Crippen LogP contribution in [-0.2, 0) is 0 Å². The number of piperidine rings is 1. The van der Waals surface area contributed by atoms with Crippen LogP contribution in [0.5, 0.6) is 0 Å². The summed E-state index contributed by atoms with van der Waals surface area (Å²) in [6, 6.07) is 3.23. The Morgan fingerprint density at radius 2 is 2.06 bits per heavy atom. The van der Waals surface area contributed by atoms with Gasteiger partial charge in [-0.15, -0.1) is 0 Å². The Kier molecular flexibility index (Phi) is 3.81. The molecule has 2 rings (SSSR count). The van der Waals surface area contributed by atoms with Gasteiger partial charge in [-0.25, -0.2) is 14.8 Å². The van der Waals surface area contributed by atoms with Crippen molar-refractivity contribution in [3.63, 3.8) is 0 Å². The molecule has 0 aliphatic carbocycles. The first-order valence-electron chi connectivity index (χ1n) is 5.58. The topological polar surface area (TPSA) is 65.5 Å². The van der Waals surface area contributed by atoms with Crippen LogP contribution < -0.4 is 5.43 Å². The van der Waals surface area contributed by atoms with E-state index >= 15 is 0 Å². The Labute approximate surface area is 104 Å². The number of anilines is 1. The van der Waals surface area contributed by atoms with Crippen molar-refractivity contribution in [2.75, 3.05) is 18.5 Å². The summed E-state index contributed by atoms with van der Waals surface area (Å²) >= 11 is 5.75. The van der Waals surface area contributed by atoms with E-state index < -0.39 is 5.97 Å². The Balaban J connectivity index is 2.10. The number of pyridine rings is 1. The normalized spacial score (nSPS) is 16.8. The molecule has 0 spiro atoms. The molecule has 0 unspecified atom stereocenters. The van der Waals surface area contributed by atoms with E-state index in [1.807, 2.05) is 5.01 Å². The van der Waals surface area contributed by atoms with E-state index in [-0.39, 0.29) is 10.7 Å². The summed E-state index contributed by atoms with van der Waals surface area (Å²) in [4.78, 5) is 14.9. The number of hydrogen-bond acceptors (Lipinski definition) is 4. The van der Waals surface area contributed by atoms with Crippen molar-refractivity contribution < 1.29 is 9.90 Å². The van der Waals surface area contributed by atoms with Gasteiger partial charge in [-0.2, -0.15) is 0 Å². The van der Waals surface area contributed by atoms with E-state index in [2.05, 4.69) is 10.4 Å². The van der Waals surface area contributed by atoms with Gasteiger partial charge in [0.05, 0.1) is 5.02 Å². The van der Waals surface area contributed by atoms with Crippen molar-refractivity contribution in [3.8, 4) is 0 Å². The molecular weight excluding hydrogens is 242 g/mol. The Bertz CT molecular complexity index is 419. The monoisotopic (exact) mass is 255 g/mol. The largest absolute Gasteiger partial charge is 0.476 e. The smallest absolute Gasteiger partial charge is 0.356 e. The molecule has 0 bridgehead atoms. The van der Waals surface area contributed by atoms with Gasteiger partial charge in [-0.1, -0.05) is 18.0 Å². The van der Waals surface area contributed by atoms with E-state index in [4.69, 9.17) is 16.7 Å². The fourth-order valence-corrected chi connectivity index (χ4v) is 2.01. The lowest BCUT2D eigenvalue weighted by Crippen LogP contribution is -2.35. The highest BCUT2D eigenvalue weighted by molar-refractivity contribution is 6.33. The quantitative estimate of drug-likeness (QED) is 0.867. The third kappa shape index (κ3) is 3.08. The molecule has 2 N–H and O–H groups in total. The van der Waals surface area contributed by atoms with Gasteiger partial charge in [0, 0.05) is 13.1 Å². The van der Waals surface area contributed by atoms with Crippen LogP contribution in [0.25, 0.3) is 0 Å². The molecule has 5 nitrogen and oxygen atoms in total. The first-order valence-corrected chi connectivity index (χ1v) is 5.96. The number of rotatable bonds is 3. The molecule has 92 valence electrons. The highest BCUT2D eigenvalue weighted by atomic mass is 35.5. The molecule has 2 heterocycles. The number of hydrogen-bond donors (Lipinski definition) is 2. The van der Waals surface area contributed by atoms with Gasteiger partial charge in [0.25, 0.3) is 0 Å². The third-order valence-corrected chi connectivity index (χ3v) is 2.98. The predicted octanol–water partition coefficient (Wildman–Crippen LogP) is 2.25. The van der Waals surface area contributed by atoms with E-state index in [1.165, 1.54) is 6.42 Å². The van der Waals surface area contributed by atoms with E-state index in [0.29, 0.717) is 5.82 Å². The Morgan fingerprint density at radius 1 is 1.35 bits per heavy atom. The molecule has 1 aromatic rings. The molecular formula is C11H14ClN3O2. The van der Waals surface area contributed by atoms with Gasteiger partial charge in [-0.3, -0.25) is 0 Å². The van der Waals surface area contributed by atoms with Crippen molar-refractivity contribution in [1.29, 1.82) is 0 Å². The van der Waals surface area contributed by atoms with Crippen molar-refractivity contribution in [2.45, 2.75) is 19.3 Å². The highest BCUT2D eigenvalue weighted by Crippen LogP contribution is 2.18. The lowest BCUT2D eigenvalue weighted by atomic mass is 10.2. The summed E-state index contributed by atoms with van der Waals surface area (Å²) in [6.07, 6.45) is 3.53. The zero-order valence-electron chi connectivity index (χ0n) is 9.32. The summed E-state index contributed by atoms with van der Waals surface area (Å²) in [5, 5.41) is 11.1. The SMILES string of the molecule is O=C(O)c1nc(NN2CCCCC2)ccc1Cl. The minimum absolute atomic E-state index is 0.117. The van der Waals surface area contributed by atoms with Crippen LogP contribution in [0.3, 0.4) is 0 Å². The van der Waals surface area contributed by atoms with Crippen LogP contribution in [0.15, 0.2) is 12.1 Å². The summed E-state index contributed by atoms with van der Waals surface area (Å²) in [5.41, 5.74) is 2.99. The number of carboxylic acid groups (broad SMARTS) is 1. The number of carbonyl (C=O) groups is 1. The molecule has 1 aliphatic heterocycles. The third-order valence-electron chi connectivity index (χ3n) is 2.68. The second-order valence-electron chi connectivity index (χ2n) is 3.99. The lowest BCUT2D eigenvalue weighted by molar-refractivity contribution is 0.0691. The van der Waals surface area contributed by atoms with Gasteiger partial charge in [0.2, 0.25) is 0 Å². The number of nitrogens with zero attached hydrogens (tertiary/aromatic N) is 2. The van der Waals surface area contributed by atoms with Gasteiger partial charge in [0.15, 0.2) is 5.69 Å². The lowest BCUT2D eigenvalue weighted by Gasteiger charge is -2.27. The van der Waals surface area contributed by atoms with Gasteiger partial charge in [-0.05, 0) is 25.0 Å². The molecule has 0 saturated carbocycles. The molecule has 17 heavy (non-hydrogen) atoms. The van der Waals surface area contributed by atoms with Gasteiger partial charge < -0.3 is 10.5 Å². The van der Waals surface area contributed by atoms with Crippen LogP contribution in [0.4, 0.5) is 5.82 Å². The van der Waals surface area contributed by atoms with E-state index in [9.17, 15) is 4.79 Å². The summed E-state index contributed by atoms with van der Waals surface area (Å²) in [6.45, 7) is 1.90. The molecule has 0 aromatic carbocycles. The fraction of sp³-hybridized carbons (Fsp3) is 0.455. The molecule has 1 saturated heterocycles. The van der Waals surface area contributed by atoms with E-state index in [1.54, 1.807) is 12.1 Å². The average molecular weight is 256 g/mol. The van der Waals surface area contributed by atoms with Crippen LogP contribution in [0.1, 0.15) is 29.8 Å². The Morgan fingerprint density at radius 3 is 2.71 bits per heavy atom. The average Bonchev–Trinajstić information content (AvgIpc) is 2.32. The number of nitrogens with one attached hydrogen (secondary N) is 1. The fourth-order valence-electron chi connectivity index (χ4n) is 1.82. The molecule has 6 heteroatoms. The first-order chi connectivity index (χ1) is 8.16. The van der Waals surface area contributed by atoms with Crippen molar-refractivity contribution in [1.82, 2.24) is 9.99 Å². The number of hydrazine groups is 1. The minimum Gasteiger partial charge on any atom is -0.476 e. The van der Waals surface area contributed by atoms with Crippen molar-refractivity contribution in [3.05, 3.63) is 22.8 Å². The summed E-state index contributed by atoms with van der Waals surface area (Å²) < 4.78 is 0. The molecule has 1 aromatic heterocycles. The van der Waals surface area contributed by atoms with Crippen molar-refractivity contribution in [2.24, 2.45) is 0 Å². The second-order valence-corrected chi connectivity index (χ2v) is 4.40. The predicted molar refractivity (Wildman–Crippen MR) is 65.3 cm³/mol. The summed E-state index contributed by atoms with van der Waals surface area (Å²) in [7, 11) is 0. The van der Waals surface area contributed by atoms with Crippen LogP contribution in [0, 0.1) is 0 Å². The molecule has 1 aliphatic rings. The highest BCUT2D eigenvalue weighted by Gasteiger charge is 2.14. The number of halogens is 1. The molecule has 0 atom stereocenters. The second kappa shape index (κ2) is 5.33. The Hall–Kier alpha value is -1.33. The number of carboxylic acids is 1. The first kappa shape index (κ1) is 12.1. The van der Waals surface area contributed by atoms with Crippen LogP contribution >= 0.6 is 11.6 Å². The molecule has 0 amide bonds. The van der Waals surface area contributed by atoms with Crippen LogP contribution in [0.2, 0.25) is 5.02 Å². The maximum Gasteiger partial charge on any atom is 0.356 e. The van der Waals surface area contributed by atoms with E-state index in [0.717, 1.165) is 25.9 Å². The zero-order chi connectivity index (χ0) is 12.3. The van der Waals surface area contributed by atoms with Crippen LogP contribution in [-0.4, -0.2) is 34.2 Å². The van der Waals surface area contributed by atoms with Crippen molar-refractivity contribution >= 4 is 23.4 Å². The van der Waals surface area contributed by atoms with Gasteiger partial charge in [0.1, 0.15) is 5.82 Å². The minimum atomic E-state index is -1.11. The maximum absolute atomic E-state index is 10.9.